The molecule has 2 N–H and O–H groups in total. The number of nitrogens with two attached hydrogens (primary N) is 1. The summed E-state index contributed by atoms with van der Waals surface area (Å²) in [7, 11) is 0. The van der Waals surface area contributed by atoms with Crippen LogP contribution in [0.5, 0.6) is 11.5 Å². The van der Waals surface area contributed by atoms with E-state index in [0.29, 0.717) is 41.2 Å². The molecule has 3 heterocycles. The van der Waals surface area contributed by atoms with Crippen molar-refractivity contribution >= 4 is 22.8 Å². The van der Waals surface area contributed by atoms with E-state index in [1.54, 1.807) is 28.9 Å². The van der Waals surface area contributed by atoms with Gasteiger partial charge in [-0.2, -0.15) is 5.10 Å². The van der Waals surface area contributed by atoms with Crippen molar-refractivity contribution in [3.05, 3.63) is 60.7 Å². The lowest BCUT2D eigenvalue weighted by Crippen LogP contribution is -2.40. The molecule has 5 rings (SSSR count). The molecule has 34 heavy (non-hydrogen) atoms. The summed E-state index contributed by atoms with van der Waals surface area (Å²) in [6, 6.07) is 13.7. The normalized spacial score (nSPS) is 16.1. The summed E-state index contributed by atoms with van der Waals surface area (Å²) in [5.74, 6) is 0.838. The number of halogens is 1. The fraction of sp³-hybridized carbons (Fsp3) is 0.280. The summed E-state index contributed by atoms with van der Waals surface area (Å²) < 4.78 is 22.8. The molecule has 0 bridgehead atoms. The van der Waals surface area contributed by atoms with Crippen molar-refractivity contribution in [1.82, 2.24) is 24.6 Å². The lowest BCUT2D eigenvalue weighted by Gasteiger charge is -2.32. The number of carbonyl (C=O) groups is 1. The van der Waals surface area contributed by atoms with Crippen LogP contribution in [0.1, 0.15) is 32.2 Å². The summed E-state index contributed by atoms with van der Waals surface area (Å²) >= 11 is 0. The molecule has 2 aromatic heterocycles. The maximum absolute atomic E-state index is 15.3. The van der Waals surface area contributed by atoms with Crippen LogP contribution < -0.4 is 10.5 Å². The maximum Gasteiger partial charge on any atom is 0.222 e. The molecule has 1 saturated heterocycles. The van der Waals surface area contributed by atoms with Gasteiger partial charge in [0.25, 0.3) is 0 Å². The second kappa shape index (κ2) is 9.09. The zero-order valence-corrected chi connectivity index (χ0v) is 18.8. The number of ether oxygens (including phenoxy) is 1. The minimum absolute atomic E-state index is 0.0847. The summed E-state index contributed by atoms with van der Waals surface area (Å²) in [4.78, 5) is 22.7. The highest BCUT2D eigenvalue weighted by molar-refractivity contribution is 5.98. The monoisotopic (exact) mass is 460 g/mol. The number of rotatable bonds is 5. The third kappa shape index (κ3) is 4.05. The highest BCUT2D eigenvalue weighted by Gasteiger charge is 2.28. The number of para-hydroxylation sites is 1. The lowest BCUT2D eigenvalue weighted by molar-refractivity contribution is -0.132. The largest absolute Gasteiger partial charge is 0.457 e. The number of benzene rings is 2. The van der Waals surface area contributed by atoms with Crippen molar-refractivity contribution in [1.29, 1.82) is 0 Å². The van der Waals surface area contributed by atoms with Gasteiger partial charge in [0.15, 0.2) is 5.65 Å². The molecular weight excluding hydrogens is 435 g/mol. The van der Waals surface area contributed by atoms with Gasteiger partial charge >= 0.3 is 0 Å². The first-order valence-corrected chi connectivity index (χ1v) is 11.3. The van der Waals surface area contributed by atoms with E-state index in [0.717, 1.165) is 19.4 Å². The average Bonchev–Trinajstić information content (AvgIpc) is 3.25. The minimum Gasteiger partial charge on any atom is -0.457 e. The van der Waals surface area contributed by atoms with Crippen LogP contribution in [0.15, 0.2) is 54.9 Å². The molecule has 4 aromatic rings. The summed E-state index contributed by atoms with van der Waals surface area (Å²) in [6.07, 6.45) is 3.52. The number of carbonyl (C=O) groups excluding carboxylic acids is 1. The molecule has 9 heteroatoms. The van der Waals surface area contributed by atoms with Crippen LogP contribution in [0.2, 0.25) is 0 Å². The van der Waals surface area contributed by atoms with Gasteiger partial charge in [0.05, 0.1) is 11.4 Å². The number of hydrogen-bond acceptors (Lipinski definition) is 6. The van der Waals surface area contributed by atoms with Gasteiger partial charge in [0, 0.05) is 31.1 Å². The number of aromatic nitrogens is 4. The highest BCUT2D eigenvalue weighted by atomic mass is 19.1. The Balaban J connectivity index is 1.54. The Morgan fingerprint density at radius 2 is 2.00 bits per heavy atom. The Labute approximate surface area is 196 Å². The molecule has 0 radical (unpaired) electrons. The third-order valence-electron chi connectivity index (χ3n) is 6.09. The first-order valence-electron chi connectivity index (χ1n) is 11.3. The number of nitrogen functional groups attached to an aromatic ring is 1. The number of likely N-dealkylation sites (tertiary alicyclic amines) is 1. The van der Waals surface area contributed by atoms with Crippen LogP contribution in [0.4, 0.5) is 10.2 Å². The Hall–Kier alpha value is -4.01. The van der Waals surface area contributed by atoms with E-state index < -0.39 is 5.82 Å². The SMILES string of the molecule is CCC(=O)N1CCC[C@@H](n2nc(-c3ccc(Oc4ccccc4)cc3F)c3c(N)ncnc32)C1. The van der Waals surface area contributed by atoms with Crippen molar-refractivity contribution in [3.63, 3.8) is 0 Å². The molecule has 8 nitrogen and oxygen atoms in total. The van der Waals surface area contributed by atoms with Gasteiger partial charge in [-0.15, -0.1) is 0 Å². The van der Waals surface area contributed by atoms with E-state index in [2.05, 4.69) is 9.97 Å². The van der Waals surface area contributed by atoms with E-state index in [1.807, 2.05) is 30.0 Å². The molecule has 1 amide bonds. The summed E-state index contributed by atoms with van der Waals surface area (Å²) in [5.41, 5.74) is 7.38. The Morgan fingerprint density at radius 3 is 2.76 bits per heavy atom. The quantitative estimate of drug-likeness (QED) is 0.468. The fourth-order valence-electron chi connectivity index (χ4n) is 4.42. The molecule has 1 aliphatic heterocycles. The number of fused-ring (bicyclic) bond motifs is 1. The van der Waals surface area contributed by atoms with Crippen LogP contribution in [0.3, 0.4) is 0 Å². The van der Waals surface area contributed by atoms with Gasteiger partial charge in [-0.05, 0) is 37.1 Å². The first kappa shape index (κ1) is 21.8. The van der Waals surface area contributed by atoms with Crippen molar-refractivity contribution in [3.8, 4) is 22.8 Å². The number of hydrogen-bond donors (Lipinski definition) is 1. The molecule has 0 saturated carbocycles. The van der Waals surface area contributed by atoms with Gasteiger partial charge in [-0.3, -0.25) is 4.79 Å². The van der Waals surface area contributed by atoms with E-state index in [4.69, 9.17) is 15.6 Å². The Morgan fingerprint density at radius 1 is 1.18 bits per heavy atom. The summed E-state index contributed by atoms with van der Waals surface area (Å²) in [5, 5.41) is 5.25. The van der Waals surface area contributed by atoms with E-state index >= 15 is 4.39 Å². The second-order valence-electron chi connectivity index (χ2n) is 8.30. The van der Waals surface area contributed by atoms with Gasteiger partial charge in [-0.25, -0.2) is 19.0 Å². The van der Waals surface area contributed by atoms with Crippen molar-refractivity contribution in [2.45, 2.75) is 32.2 Å². The molecule has 1 fully saturated rings. The van der Waals surface area contributed by atoms with E-state index in [1.165, 1.54) is 12.4 Å². The highest BCUT2D eigenvalue weighted by Crippen LogP contribution is 2.36. The summed E-state index contributed by atoms with van der Waals surface area (Å²) in [6.45, 7) is 3.11. The van der Waals surface area contributed by atoms with Crippen molar-refractivity contribution < 1.29 is 13.9 Å². The molecule has 0 aliphatic carbocycles. The molecular formula is C25H25FN6O2. The first-order chi connectivity index (χ1) is 16.5. The van der Waals surface area contributed by atoms with Gasteiger partial charge in [-0.1, -0.05) is 25.1 Å². The van der Waals surface area contributed by atoms with Crippen LogP contribution in [0, 0.1) is 5.82 Å². The van der Waals surface area contributed by atoms with Crippen LogP contribution in [0.25, 0.3) is 22.3 Å². The van der Waals surface area contributed by atoms with Crippen molar-refractivity contribution in [2.24, 2.45) is 0 Å². The van der Waals surface area contributed by atoms with E-state index in [9.17, 15) is 4.79 Å². The fourth-order valence-corrected chi connectivity index (χ4v) is 4.42. The topological polar surface area (TPSA) is 99.2 Å². The van der Waals surface area contributed by atoms with Crippen LogP contribution in [-0.4, -0.2) is 43.6 Å². The predicted octanol–water partition coefficient (Wildman–Crippen LogP) is 4.58. The Kier molecular flexibility index (Phi) is 5.83. The number of amides is 1. The van der Waals surface area contributed by atoms with Gasteiger partial charge < -0.3 is 15.4 Å². The smallest absolute Gasteiger partial charge is 0.222 e. The molecule has 0 spiro atoms. The minimum atomic E-state index is -0.491. The molecule has 1 aliphatic rings. The maximum atomic E-state index is 15.3. The average molecular weight is 461 g/mol. The zero-order valence-electron chi connectivity index (χ0n) is 18.8. The zero-order chi connectivity index (χ0) is 23.7. The number of anilines is 1. The molecule has 0 unspecified atom stereocenters. The standard InChI is InChI=1S/C25H25FN6O2/c1-2-21(33)31-12-6-7-16(14-31)32-25-22(24(27)28-15-29-25)23(30-32)19-11-10-18(13-20(19)26)34-17-8-4-3-5-9-17/h3-5,8-11,13,15-16H,2,6-7,12,14H2,1H3,(H2,27,28,29)/t16-/m1/s1. The second-order valence-corrected chi connectivity index (χ2v) is 8.30. The molecule has 2 aromatic carbocycles. The van der Waals surface area contributed by atoms with Gasteiger partial charge in [0.1, 0.15) is 35.2 Å². The van der Waals surface area contributed by atoms with Crippen LogP contribution >= 0.6 is 0 Å². The number of nitrogens with zero attached hydrogens (tertiary/aromatic N) is 5. The van der Waals surface area contributed by atoms with Gasteiger partial charge in [0.2, 0.25) is 5.91 Å². The molecule has 174 valence electrons. The van der Waals surface area contributed by atoms with Crippen molar-refractivity contribution in [2.75, 3.05) is 18.8 Å². The molecule has 1 atom stereocenters. The predicted molar refractivity (Wildman–Crippen MR) is 127 cm³/mol. The Bertz CT molecular complexity index is 1340. The van der Waals surface area contributed by atoms with Crippen LogP contribution in [-0.2, 0) is 4.79 Å². The third-order valence-corrected chi connectivity index (χ3v) is 6.09. The van der Waals surface area contributed by atoms with E-state index in [-0.39, 0.29) is 23.3 Å². The number of piperidine rings is 1. The lowest BCUT2D eigenvalue weighted by atomic mass is 10.1.